The maximum absolute atomic E-state index is 14.1. The minimum atomic E-state index is -0.267. The topological polar surface area (TPSA) is 57.6 Å². The van der Waals surface area contributed by atoms with Crippen molar-refractivity contribution in [2.24, 2.45) is 5.92 Å². The smallest absolute Gasteiger partial charge is 0.322 e. The van der Waals surface area contributed by atoms with Gasteiger partial charge in [-0.25, -0.2) is 9.18 Å². The van der Waals surface area contributed by atoms with Crippen molar-refractivity contribution in [2.45, 2.75) is 65.1 Å². The lowest BCUT2D eigenvalue weighted by atomic mass is 9.94. The summed E-state index contributed by atoms with van der Waals surface area (Å²) in [6, 6.07) is 24.3. The highest BCUT2D eigenvalue weighted by Crippen LogP contribution is 2.26. The van der Waals surface area contributed by atoms with Crippen LogP contribution in [0.3, 0.4) is 0 Å². The van der Waals surface area contributed by atoms with Crippen molar-refractivity contribution in [1.29, 1.82) is 0 Å². The molecule has 0 spiro atoms. The molecule has 0 unspecified atom stereocenters. The lowest BCUT2D eigenvalue weighted by Crippen LogP contribution is -2.49. The number of urea groups is 1. The Morgan fingerprint density at radius 1 is 0.929 bits per heavy atom. The van der Waals surface area contributed by atoms with Gasteiger partial charge in [0.05, 0.1) is 12.2 Å². The third kappa shape index (κ3) is 7.38. The molecule has 6 nitrogen and oxygen atoms in total. The van der Waals surface area contributed by atoms with Gasteiger partial charge >= 0.3 is 6.03 Å². The second kappa shape index (κ2) is 13.7. The van der Waals surface area contributed by atoms with E-state index in [0.29, 0.717) is 19.6 Å². The first-order chi connectivity index (χ1) is 20.4. The Bertz CT molecular complexity index is 1490. The number of hydrogen-bond donors (Lipinski definition) is 1. The summed E-state index contributed by atoms with van der Waals surface area (Å²) in [6.45, 7) is 5.68. The lowest BCUT2D eigenvalue weighted by Gasteiger charge is -2.36. The Labute approximate surface area is 248 Å². The van der Waals surface area contributed by atoms with Gasteiger partial charge in [-0.3, -0.25) is 4.79 Å². The molecular weight excluding hydrogens is 527 g/mol. The fourth-order valence-corrected chi connectivity index (χ4v) is 5.96. The zero-order valence-electron chi connectivity index (χ0n) is 24.6. The first-order valence-corrected chi connectivity index (χ1v) is 15.1. The van der Waals surface area contributed by atoms with E-state index in [1.165, 1.54) is 18.6 Å². The SMILES string of the molecule is CC(C)CN(CC(=O)N(Cc1cccn1Cc1ccc(F)cc1)C1CCCCC1)C(=O)Nc1cccc2ccccc12. The Hall–Kier alpha value is -4.13. The molecule has 0 bridgehead atoms. The summed E-state index contributed by atoms with van der Waals surface area (Å²) in [5.74, 6) is -0.0896. The van der Waals surface area contributed by atoms with Crippen LogP contribution in [0.4, 0.5) is 14.9 Å². The molecule has 5 rings (SSSR count). The van der Waals surface area contributed by atoms with Crippen molar-refractivity contribution >= 4 is 28.4 Å². The zero-order chi connectivity index (χ0) is 29.5. The quantitative estimate of drug-likeness (QED) is 0.213. The number of fused-ring (bicyclic) bond motifs is 1. The van der Waals surface area contributed by atoms with Gasteiger partial charge < -0.3 is 19.7 Å². The average molecular weight is 569 g/mol. The van der Waals surface area contributed by atoms with E-state index in [-0.39, 0.29) is 36.3 Å². The number of carbonyl (C=O) groups excluding carboxylic acids is 2. The number of nitrogens with zero attached hydrogens (tertiary/aromatic N) is 3. The number of nitrogens with one attached hydrogen (secondary N) is 1. The molecule has 0 aliphatic heterocycles. The number of halogens is 1. The van der Waals surface area contributed by atoms with Crippen molar-refractivity contribution in [1.82, 2.24) is 14.4 Å². The highest BCUT2D eigenvalue weighted by atomic mass is 19.1. The molecule has 1 heterocycles. The number of anilines is 1. The molecule has 1 aliphatic rings. The molecule has 1 aromatic heterocycles. The summed E-state index contributed by atoms with van der Waals surface area (Å²) in [7, 11) is 0. The van der Waals surface area contributed by atoms with Crippen LogP contribution < -0.4 is 5.32 Å². The van der Waals surface area contributed by atoms with E-state index in [0.717, 1.165) is 53.4 Å². The maximum Gasteiger partial charge on any atom is 0.322 e. The number of carbonyl (C=O) groups is 2. The van der Waals surface area contributed by atoms with E-state index < -0.39 is 0 Å². The molecule has 1 N–H and O–H groups in total. The molecule has 220 valence electrons. The van der Waals surface area contributed by atoms with Crippen molar-refractivity contribution < 1.29 is 14.0 Å². The fraction of sp³-hybridized carbons (Fsp3) is 0.371. The third-order valence-corrected chi connectivity index (χ3v) is 8.09. The van der Waals surface area contributed by atoms with Gasteiger partial charge in [0, 0.05) is 36.4 Å². The summed E-state index contributed by atoms with van der Waals surface area (Å²) in [4.78, 5) is 31.4. The monoisotopic (exact) mass is 568 g/mol. The molecule has 4 aromatic rings. The first kappa shape index (κ1) is 29.4. The minimum absolute atomic E-state index is 0.0178. The Morgan fingerprint density at radius 3 is 2.43 bits per heavy atom. The number of rotatable bonds is 10. The Morgan fingerprint density at radius 2 is 1.67 bits per heavy atom. The van der Waals surface area contributed by atoms with Crippen molar-refractivity contribution in [3.05, 3.63) is 102 Å². The summed E-state index contributed by atoms with van der Waals surface area (Å²) in [5.41, 5.74) is 2.76. The predicted octanol–water partition coefficient (Wildman–Crippen LogP) is 7.68. The summed E-state index contributed by atoms with van der Waals surface area (Å²) >= 11 is 0. The molecule has 1 saturated carbocycles. The number of benzene rings is 3. The van der Waals surface area contributed by atoms with E-state index in [1.807, 2.05) is 65.7 Å². The largest absolute Gasteiger partial charge is 0.345 e. The van der Waals surface area contributed by atoms with Crippen molar-refractivity contribution in [2.75, 3.05) is 18.4 Å². The Kier molecular flexibility index (Phi) is 9.57. The van der Waals surface area contributed by atoms with Crippen LogP contribution in [-0.2, 0) is 17.9 Å². The van der Waals surface area contributed by atoms with E-state index in [9.17, 15) is 14.0 Å². The van der Waals surface area contributed by atoms with Crippen LogP contribution in [0.25, 0.3) is 10.8 Å². The highest BCUT2D eigenvalue weighted by molar-refractivity contribution is 6.02. The normalized spacial score (nSPS) is 13.8. The van der Waals surface area contributed by atoms with E-state index in [4.69, 9.17) is 0 Å². The minimum Gasteiger partial charge on any atom is -0.345 e. The fourth-order valence-electron chi connectivity index (χ4n) is 5.96. The number of hydrogen-bond acceptors (Lipinski definition) is 2. The summed E-state index contributed by atoms with van der Waals surface area (Å²) in [5, 5.41) is 5.10. The zero-order valence-corrected chi connectivity index (χ0v) is 24.6. The van der Waals surface area contributed by atoms with Crippen LogP contribution in [0.2, 0.25) is 0 Å². The Balaban J connectivity index is 1.35. The van der Waals surface area contributed by atoms with E-state index >= 15 is 0 Å². The maximum atomic E-state index is 14.1. The van der Waals surface area contributed by atoms with Crippen LogP contribution in [0.1, 0.15) is 57.2 Å². The second-order valence-corrected chi connectivity index (χ2v) is 11.8. The summed E-state index contributed by atoms with van der Waals surface area (Å²) in [6.07, 6.45) is 7.33. The van der Waals surface area contributed by atoms with Gasteiger partial charge in [0.15, 0.2) is 0 Å². The molecule has 7 heteroatoms. The molecule has 1 fully saturated rings. The number of aromatic nitrogens is 1. The number of amides is 3. The van der Waals surface area contributed by atoms with Gasteiger partial charge in [0.1, 0.15) is 12.4 Å². The molecule has 0 saturated heterocycles. The summed E-state index contributed by atoms with van der Waals surface area (Å²) < 4.78 is 15.6. The molecule has 0 atom stereocenters. The van der Waals surface area contributed by atoms with Crippen LogP contribution in [0.5, 0.6) is 0 Å². The van der Waals surface area contributed by atoms with Gasteiger partial charge in [0.2, 0.25) is 5.91 Å². The van der Waals surface area contributed by atoms with E-state index in [2.05, 4.69) is 23.7 Å². The molecule has 0 radical (unpaired) electrons. The van der Waals surface area contributed by atoms with Gasteiger partial charge in [-0.15, -0.1) is 0 Å². The van der Waals surface area contributed by atoms with Gasteiger partial charge in [-0.05, 0) is 60.0 Å². The molecule has 3 amide bonds. The molecule has 42 heavy (non-hydrogen) atoms. The van der Waals surface area contributed by atoms with Gasteiger partial charge in [0.25, 0.3) is 0 Å². The van der Waals surface area contributed by atoms with Crippen LogP contribution >= 0.6 is 0 Å². The molecule has 1 aliphatic carbocycles. The third-order valence-electron chi connectivity index (χ3n) is 8.09. The second-order valence-electron chi connectivity index (χ2n) is 11.8. The average Bonchev–Trinajstić information content (AvgIpc) is 3.43. The predicted molar refractivity (Wildman–Crippen MR) is 167 cm³/mol. The van der Waals surface area contributed by atoms with Gasteiger partial charge in [-0.1, -0.05) is 81.6 Å². The lowest BCUT2D eigenvalue weighted by molar-refractivity contribution is -0.135. The van der Waals surface area contributed by atoms with Gasteiger partial charge in [-0.2, -0.15) is 0 Å². The van der Waals surface area contributed by atoms with Crippen molar-refractivity contribution in [3.63, 3.8) is 0 Å². The van der Waals surface area contributed by atoms with Crippen LogP contribution in [-0.4, -0.2) is 45.4 Å². The highest BCUT2D eigenvalue weighted by Gasteiger charge is 2.29. The van der Waals surface area contributed by atoms with Crippen LogP contribution in [0.15, 0.2) is 85.1 Å². The van der Waals surface area contributed by atoms with Crippen LogP contribution in [0, 0.1) is 11.7 Å². The first-order valence-electron chi connectivity index (χ1n) is 15.1. The standard InChI is InChI=1S/C35H41FN4O2/c1-26(2)22-39(35(42)37-33-16-8-11-28-10-6-7-15-32(28)33)25-34(41)40(30-12-4-3-5-13-30)24-31-14-9-21-38(31)23-27-17-19-29(36)20-18-27/h6-11,14-21,26,30H,3-5,12-13,22-25H2,1-2H3,(H,37,42). The van der Waals surface area contributed by atoms with Crippen molar-refractivity contribution in [3.8, 4) is 0 Å². The molecule has 3 aromatic carbocycles. The molecular formula is C35H41FN4O2. The van der Waals surface area contributed by atoms with E-state index in [1.54, 1.807) is 17.0 Å².